The zero-order chi connectivity index (χ0) is 17.5. The predicted molar refractivity (Wildman–Crippen MR) is 96.8 cm³/mol. The molecule has 0 aliphatic rings. The lowest BCUT2D eigenvalue weighted by Crippen LogP contribution is -2.34. The van der Waals surface area contributed by atoms with Crippen LogP contribution < -0.4 is 10.9 Å². The van der Waals surface area contributed by atoms with E-state index in [0.29, 0.717) is 5.56 Å². The quantitative estimate of drug-likeness (QED) is 0.849. The molecule has 0 saturated heterocycles. The minimum Gasteiger partial charge on any atom is -0.350 e. The summed E-state index contributed by atoms with van der Waals surface area (Å²) in [4.78, 5) is 26.6. The lowest BCUT2D eigenvalue weighted by Gasteiger charge is -2.16. The maximum absolute atomic E-state index is 12.4. The van der Waals surface area contributed by atoms with Crippen molar-refractivity contribution in [3.8, 4) is 5.69 Å². The standard InChI is InChI=1S/C19H25N3O2/c1-15(8-7-13-21(2)3)20-19(24)16-11-12-18(23)22(14-16)17-9-5-4-6-10-17/h4-6,9-12,14-15H,7-8,13H2,1-3H3,(H,20,24). The van der Waals surface area contributed by atoms with Gasteiger partial charge in [0.1, 0.15) is 0 Å². The van der Waals surface area contributed by atoms with Gasteiger partial charge in [0.15, 0.2) is 0 Å². The molecule has 1 aromatic carbocycles. The third kappa shape index (κ3) is 5.06. The van der Waals surface area contributed by atoms with Crippen molar-refractivity contribution < 1.29 is 4.79 Å². The summed E-state index contributed by atoms with van der Waals surface area (Å²) in [5.41, 5.74) is 1.07. The minimum atomic E-state index is -0.156. The van der Waals surface area contributed by atoms with Crippen LogP contribution in [-0.4, -0.2) is 42.1 Å². The van der Waals surface area contributed by atoms with Gasteiger partial charge in [-0.05, 0) is 58.6 Å². The molecule has 1 amide bonds. The molecule has 0 radical (unpaired) electrons. The highest BCUT2D eigenvalue weighted by molar-refractivity contribution is 5.94. The number of benzene rings is 1. The van der Waals surface area contributed by atoms with Crippen LogP contribution in [0, 0.1) is 0 Å². The predicted octanol–water partition coefficient (Wildman–Crippen LogP) is 2.30. The second-order valence-electron chi connectivity index (χ2n) is 6.28. The molecule has 0 fully saturated rings. The molecule has 128 valence electrons. The number of pyridine rings is 1. The van der Waals surface area contributed by atoms with E-state index in [9.17, 15) is 9.59 Å². The van der Waals surface area contributed by atoms with Gasteiger partial charge >= 0.3 is 0 Å². The second kappa shape index (κ2) is 8.45. The van der Waals surface area contributed by atoms with Crippen molar-refractivity contribution in [3.63, 3.8) is 0 Å². The Bertz CT molecular complexity index is 723. The summed E-state index contributed by atoms with van der Waals surface area (Å²) >= 11 is 0. The molecule has 1 unspecified atom stereocenters. The number of nitrogens with one attached hydrogen (secondary N) is 1. The molecule has 0 saturated carbocycles. The summed E-state index contributed by atoms with van der Waals surface area (Å²) in [5.74, 6) is -0.156. The molecule has 1 atom stereocenters. The minimum absolute atomic E-state index is 0.0922. The number of carbonyl (C=O) groups is 1. The molecule has 0 aliphatic carbocycles. The highest BCUT2D eigenvalue weighted by atomic mass is 16.2. The van der Waals surface area contributed by atoms with E-state index in [1.54, 1.807) is 12.3 Å². The highest BCUT2D eigenvalue weighted by Crippen LogP contribution is 2.07. The third-order valence-corrected chi connectivity index (χ3v) is 3.83. The molecule has 5 nitrogen and oxygen atoms in total. The average Bonchev–Trinajstić information content (AvgIpc) is 2.55. The van der Waals surface area contributed by atoms with Crippen LogP contribution in [0.25, 0.3) is 5.69 Å². The van der Waals surface area contributed by atoms with Crippen LogP contribution in [0.1, 0.15) is 30.1 Å². The highest BCUT2D eigenvalue weighted by Gasteiger charge is 2.11. The normalized spacial score (nSPS) is 12.2. The van der Waals surface area contributed by atoms with Crippen molar-refractivity contribution in [2.45, 2.75) is 25.8 Å². The van der Waals surface area contributed by atoms with E-state index in [-0.39, 0.29) is 17.5 Å². The van der Waals surface area contributed by atoms with E-state index in [4.69, 9.17) is 0 Å². The van der Waals surface area contributed by atoms with Crippen LogP contribution in [0.5, 0.6) is 0 Å². The van der Waals surface area contributed by atoms with Gasteiger partial charge in [-0.3, -0.25) is 14.2 Å². The first-order valence-corrected chi connectivity index (χ1v) is 8.21. The maximum Gasteiger partial charge on any atom is 0.255 e. The van der Waals surface area contributed by atoms with Crippen molar-refractivity contribution in [2.24, 2.45) is 0 Å². The Morgan fingerprint density at radius 3 is 2.54 bits per heavy atom. The van der Waals surface area contributed by atoms with E-state index in [0.717, 1.165) is 25.1 Å². The molecule has 0 bridgehead atoms. The van der Waals surface area contributed by atoms with Gasteiger partial charge in [0, 0.05) is 24.0 Å². The van der Waals surface area contributed by atoms with Crippen LogP contribution in [0.2, 0.25) is 0 Å². The Morgan fingerprint density at radius 2 is 1.88 bits per heavy atom. The summed E-state index contributed by atoms with van der Waals surface area (Å²) in [6, 6.07) is 12.4. The lowest BCUT2D eigenvalue weighted by atomic mass is 10.1. The van der Waals surface area contributed by atoms with E-state index in [1.807, 2.05) is 51.4 Å². The van der Waals surface area contributed by atoms with Gasteiger partial charge in [0.25, 0.3) is 11.5 Å². The van der Waals surface area contributed by atoms with Crippen LogP contribution in [0.15, 0.2) is 53.5 Å². The molecule has 2 aromatic rings. The zero-order valence-corrected chi connectivity index (χ0v) is 14.5. The van der Waals surface area contributed by atoms with E-state index >= 15 is 0 Å². The number of para-hydroxylation sites is 1. The molecule has 0 spiro atoms. The van der Waals surface area contributed by atoms with Crippen LogP contribution in [-0.2, 0) is 0 Å². The fourth-order valence-electron chi connectivity index (χ4n) is 2.50. The van der Waals surface area contributed by atoms with Crippen molar-refractivity contribution in [1.29, 1.82) is 0 Å². The number of hydrogen-bond acceptors (Lipinski definition) is 3. The third-order valence-electron chi connectivity index (χ3n) is 3.83. The number of amides is 1. The SMILES string of the molecule is CC(CCCN(C)C)NC(=O)c1ccc(=O)n(-c2ccccc2)c1. The molecular weight excluding hydrogens is 302 g/mol. The maximum atomic E-state index is 12.4. The summed E-state index contributed by atoms with van der Waals surface area (Å²) in [6.07, 6.45) is 3.54. The van der Waals surface area contributed by atoms with Crippen LogP contribution >= 0.6 is 0 Å². The van der Waals surface area contributed by atoms with Crippen molar-refractivity contribution in [2.75, 3.05) is 20.6 Å². The number of aromatic nitrogens is 1. The Kier molecular flexibility index (Phi) is 6.32. The average molecular weight is 327 g/mol. The molecule has 1 aromatic heterocycles. The van der Waals surface area contributed by atoms with Gasteiger partial charge in [-0.2, -0.15) is 0 Å². The fraction of sp³-hybridized carbons (Fsp3) is 0.368. The van der Waals surface area contributed by atoms with Crippen molar-refractivity contribution in [3.05, 3.63) is 64.6 Å². The van der Waals surface area contributed by atoms with Crippen LogP contribution in [0.3, 0.4) is 0 Å². The largest absolute Gasteiger partial charge is 0.350 e. The van der Waals surface area contributed by atoms with E-state index in [1.165, 1.54) is 10.6 Å². The number of carbonyl (C=O) groups excluding carboxylic acids is 1. The van der Waals surface area contributed by atoms with Gasteiger partial charge < -0.3 is 10.2 Å². The van der Waals surface area contributed by atoms with Gasteiger partial charge in [0.2, 0.25) is 0 Å². The molecule has 1 heterocycles. The van der Waals surface area contributed by atoms with Crippen molar-refractivity contribution in [1.82, 2.24) is 14.8 Å². The number of nitrogens with zero attached hydrogens (tertiary/aromatic N) is 2. The number of rotatable bonds is 7. The van der Waals surface area contributed by atoms with E-state index < -0.39 is 0 Å². The fourth-order valence-corrected chi connectivity index (χ4v) is 2.50. The van der Waals surface area contributed by atoms with Gasteiger partial charge in [-0.1, -0.05) is 18.2 Å². The Hall–Kier alpha value is -2.40. The first kappa shape index (κ1) is 17.9. The zero-order valence-electron chi connectivity index (χ0n) is 14.5. The molecule has 24 heavy (non-hydrogen) atoms. The first-order chi connectivity index (χ1) is 11.5. The molecule has 1 N–H and O–H groups in total. The topological polar surface area (TPSA) is 54.3 Å². The van der Waals surface area contributed by atoms with Gasteiger partial charge in [-0.25, -0.2) is 0 Å². The van der Waals surface area contributed by atoms with Crippen LogP contribution in [0.4, 0.5) is 0 Å². The Labute approximate surface area is 142 Å². The molecule has 5 heteroatoms. The van der Waals surface area contributed by atoms with E-state index in [2.05, 4.69) is 10.2 Å². The Morgan fingerprint density at radius 1 is 1.17 bits per heavy atom. The first-order valence-electron chi connectivity index (χ1n) is 8.21. The lowest BCUT2D eigenvalue weighted by molar-refractivity contribution is 0.0937. The monoisotopic (exact) mass is 327 g/mol. The van der Waals surface area contributed by atoms with Gasteiger partial charge in [0.05, 0.1) is 5.56 Å². The molecular formula is C19H25N3O2. The Balaban J connectivity index is 2.06. The summed E-state index contributed by atoms with van der Waals surface area (Å²) in [6.45, 7) is 3.00. The summed E-state index contributed by atoms with van der Waals surface area (Å²) < 4.78 is 1.49. The molecule has 0 aliphatic heterocycles. The van der Waals surface area contributed by atoms with Crippen molar-refractivity contribution >= 4 is 5.91 Å². The summed E-state index contributed by atoms with van der Waals surface area (Å²) in [7, 11) is 4.08. The summed E-state index contributed by atoms with van der Waals surface area (Å²) in [5, 5.41) is 3.00. The molecule has 2 rings (SSSR count). The van der Waals surface area contributed by atoms with Gasteiger partial charge in [-0.15, -0.1) is 0 Å². The number of hydrogen-bond donors (Lipinski definition) is 1. The smallest absolute Gasteiger partial charge is 0.255 e. The second-order valence-corrected chi connectivity index (χ2v) is 6.28.